The van der Waals surface area contributed by atoms with Crippen molar-refractivity contribution >= 4 is 11.4 Å². The maximum absolute atomic E-state index is 10.8. The zero-order valence-electron chi connectivity index (χ0n) is 11.2. The summed E-state index contributed by atoms with van der Waals surface area (Å²) in [5.74, 6) is 0.608. The fourth-order valence-electron chi connectivity index (χ4n) is 2.60. The van der Waals surface area contributed by atoms with Crippen molar-refractivity contribution in [2.75, 3.05) is 11.4 Å². The van der Waals surface area contributed by atoms with Crippen molar-refractivity contribution in [2.24, 2.45) is 5.92 Å². The number of nitro groups is 1. The van der Waals surface area contributed by atoms with E-state index >= 15 is 0 Å². The fraction of sp³-hybridized carbons (Fsp3) is 0.500. The van der Waals surface area contributed by atoms with Crippen molar-refractivity contribution in [3.63, 3.8) is 0 Å². The Hall–Kier alpha value is -2.09. The minimum absolute atomic E-state index is 0.121. The topological polar surface area (TPSA) is 70.2 Å². The summed E-state index contributed by atoms with van der Waals surface area (Å²) in [4.78, 5) is 12.6. The summed E-state index contributed by atoms with van der Waals surface area (Å²) < 4.78 is 0. The van der Waals surface area contributed by atoms with Crippen LogP contribution in [0.5, 0.6) is 0 Å². The molecule has 0 amide bonds. The van der Waals surface area contributed by atoms with Crippen LogP contribution in [0.25, 0.3) is 0 Å². The number of hydrogen-bond acceptors (Lipinski definition) is 4. The molecule has 1 saturated heterocycles. The first-order chi connectivity index (χ1) is 9.02. The van der Waals surface area contributed by atoms with E-state index in [1.807, 2.05) is 6.07 Å². The summed E-state index contributed by atoms with van der Waals surface area (Å²) in [7, 11) is 0. The smallest absolute Gasteiger partial charge is 0.287 e. The summed E-state index contributed by atoms with van der Waals surface area (Å²) in [6, 6.07) is 7.13. The van der Waals surface area contributed by atoms with Crippen molar-refractivity contribution in [2.45, 2.75) is 32.7 Å². The molecular weight excluding hydrogens is 242 g/mol. The number of anilines is 1. The third-order valence-corrected chi connectivity index (χ3v) is 3.75. The van der Waals surface area contributed by atoms with E-state index in [1.165, 1.54) is 12.5 Å². The van der Waals surface area contributed by atoms with Crippen molar-refractivity contribution in [3.05, 3.63) is 33.9 Å². The molecule has 5 nitrogen and oxygen atoms in total. The van der Waals surface area contributed by atoms with Gasteiger partial charge < -0.3 is 4.90 Å². The number of piperidine rings is 1. The largest absolute Gasteiger partial charge is 0.369 e. The number of nitrogens with zero attached hydrogens (tertiary/aromatic N) is 3. The molecule has 2 rings (SSSR count). The third-order valence-electron chi connectivity index (χ3n) is 3.75. The highest BCUT2D eigenvalue weighted by atomic mass is 16.6. The van der Waals surface area contributed by atoms with Crippen LogP contribution in [0, 0.1) is 27.4 Å². The molecule has 5 heteroatoms. The molecule has 0 radical (unpaired) electrons. The highest BCUT2D eigenvalue weighted by Crippen LogP contribution is 2.30. The predicted molar refractivity (Wildman–Crippen MR) is 73.0 cm³/mol. The molecule has 1 aromatic carbocycles. The van der Waals surface area contributed by atoms with E-state index in [4.69, 9.17) is 5.26 Å². The normalized spacial score (nSPS) is 22.9. The molecule has 0 aromatic heterocycles. The molecule has 19 heavy (non-hydrogen) atoms. The van der Waals surface area contributed by atoms with Crippen LogP contribution in [0.2, 0.25) is 0 Å². The van der Waals surface area contributed by atoms with Gasteiger partial charge in [0.2, 0.25) is 0 Å². The van der Waals surface area contributed by atoms with Gasteiger partial charge in [0.05, 0.1) is 4.92 Å². The number of nitriles is 1. The molecule has 100 valence electrons. The van der Waals surface area contributed by atoms with Crippen LogP contribution in [0.3, 0.4) is 0 Å². The van der Waals surface area contributed by atoms with Crippen molar-refractivity contribution < 1.29 is 4.92 Å². The van der Waals surface area contributed by atoms with Gasteiger partial charge in [-0.05, 0) is 37.8 Å². The minimum atomic E-state index is -0.509. The van der Waals surface area contributed by atoms with Crippen LogP contribution < -0.4 is 4.90 Å². The summed E-state index contributed by atoms with van der Waals surface area (Å²) >= 11 is 0. The molecule has 0 aliphatic carbocycles. The Balaban J connectivity index is 2.35. The van der Waals surface area contributed by atoms with E-state index in [9.17, 15) is 10.1 Å². The third kappa shape index (κ3) is 2.68. The maximum Gasteiger partial charge on any atom is 0.287 e. The first-order valence-corrected chi connectivity index (χ1v) is 6.48. The second-order valence-corrected chi connectivity index (χ2v) is 5.25. The Labute approximate surface area is 112 Å². The maximum atomic E-state index is 10.8. The van der Waals surface area contributed by atoms with Gasteiger partial charge in [0, 0.05) is 24.3 Å². The Morgan fingerprint density at radius 1 is 1.42 bits per heavy atom. The van der Waals surface area contributed by atoms with Crippen molar-refractivity contribution in [1.29, 1.82) is 5.26 Å². The number of rotatable bonds is 2. The van der Waals surface area contributed by atoms with Crippen molar-refractivity contribution in [3.8, 4) is 6.07 Å². The second-order valence-electron chi connectivity index (χ2n) is 5.25. The molecule has 1 fully saturated rings. The fourth-order valence-corrected chi connectivity index (χ4v) is 2.60. The molecule has 2 atom stereocenters. The summed E-state index contributed by atoms with van der Waals surface area (Å²) in [6.07, 6.45) is 2.32. The first-order valence-electron chi connectivity index (χ1n) is 6.48. The average Bonchev–Trinajstić information content (AvgIpc) is 2.40. The molecule has 0 spiro atoms. The highest BCUT2D eigenvalue weighted by molar-refractivity contribution is 5.60. The lowest BCUT2D eigenvalue weighted by Crippen LogP contribution is -2.41. The molecule has 1 aromatic rings. The Bertz CT molecular complexity index is 536. The van der Waals surface area contributed by atoms with Crippen molar-refractivity contribution in [1.82, 2.24) is 0 Å². The monoisotopic (exact) mass is 259 g/mol. The van der Waals surface area contributed by atoms with E-state index in [0.717, 1.165) is 18.7 Å². The van der Waals surface area contributed by atoms with Gasteiger partial charge in [0.25, 0.3) is 5.69 Å². The number of nitro benzene ring substituents is 1. The van der Waals surface area contributed by atoms with Gasteiger partial charge in [-0.3, -0.25) is 10.1 Å². The summed E-state index contributed by atoms with van der Waals surface area (Å²) in [6.45, 7) is 5.29. The van der Waals surface area contributed by atoms with Gasteiger partial charge in [0.15, 0.2) is 0 Å². The lowest BCUT2D eigenvalue weighted by molar-refractivity contribution is -0.385. The number of hydrogen-bond donors (Lipinski definition) is 0. The SMILES string of the molecule is CC1CCC(C)N(c2ccc([N+](=O)[O-])c(C#N)c2)C1. The molecule has 1 heterocycles. The second kappa shape index (κ2) is 5.27. The van der Waals surface area contributed by atoms with Gasteiger partial charge in [0.1, 0.15) is 11.6 Å². The van der Waals surface area contributed by atoms with Crippen LogP contribution in [-0.2, 0) is 0 Å². The summed E-state index contributed by atoms with van der Waals surface area (Å²) in [5, 5.41) is 19.9. The molecule has 1 aliphatic heterocycles. The molecule has 1 aliphatic rings. The molecule has 0 bridgehead atoms. The van der Waals surface area contributed by atoms with Gasteiger partial charge in [-0.1, -0.05) is 6.92 Å². The Kier molecular flexibility index (Phi) is 3.70. The molecule has 2 unspecified atom stereocenters. The van der Waals surface area contributed by atoms with E-state index in [0.29, 0.717) is 12.0 Å². The van der Waals surface area contributed by atoms with Gasteiger partial charge in [-0.25, -0.2) is 0 Å². The molecule has 0 N–H and O–H groups in total. The quantitative estimate of drug-likeness (QED) is 0.604. The zero-order valence-corrected chi connectivity index (χ0v) is 11.2. The van der Waals surface area contributed by atoms with Gasteiger partial charge in [-0.15, -0.1) is 0 Å². The number of benzene rings is 1. The lowest BCUT2D eigenvalue weighted by Gasteiger charge is -2.38. The van der Waals surface area contributed by atoms with Crippen LogP contribution in [0.1, 0.15) is 32.3 Å². The van der Waals surface area contributed by atoms with Crippen LogP contribution in [0.4, 0.5) is 11.4 Å². The Morgan fingerprint density at radius 2 is 2.16 bits per heavy atom. The minimum Gasteiger partial charge on any atom is -0.369 e. The van der Waals surface area contributed by atoms with Crippen LogP contribution in [0.15, 0.2) is 18.2 Å². The summed E-state index contributed by atoms with van der Waals surface area (Å²) in [5.41, 5.74) is 0.915. The van der Waals surface area contributed by atoms with E-state index in [2.05, 4.69) is 18.7 Å². The van der Waals surface area contributed by atoms with Gasteiger partial charge >= 0.3 is 0 Å². The van der Waals surface area contributed by atoms with Gasteiger partial charge in [-0.2, -0.15) is 5.26 Å². The predicted octanol–water partition coefficient (Wildman–Crippen LogP) is 3.09. The molecular formula is C14H17N3O2. The lowest BCUT2D eigenvalue weighted by atomic mass is 9.94. The standard InChI is InChI=1S/C14H17N3O2/c1-10-3-4-11(2)16(9-10)13-5-6-14(17(18)19)12(7-13)8-15/h5-7,10-11H,3-4,9H2,1-2H3. The van der Waals surface area contributed by atoms with E-state index < -0.39 is 4.92 Å². The molecule has 0 saturated carbocycles. The zero-order chi connectivity index (χ0) is 14.0. The van der Waals surface area contributed by atoms with Crippen LogP contribution >= 0.6 is 0 Å². The highest BCUT2D eigenvalue weighted by Gasteiger charge is 2.24. The van der Waals surface area contributed by atoms with E-state index in [-0.39, 0.29) is 11.3 Å². The van der Waals surface area contributed by atoms with E-state index in [1.54, 1.807) is 12.1 Å². The first kappa shape index (κ1) is 13.3. The Morgan fingerprint density at radius 3 is 2.79 bits per heavy atom. The average molecular weight is 259 g/mol. The van der Waals surface area contributed by atoms with Crippen LogP contribution in [-0.4, -0.2) is 17.5 Å².